The minimum atomic E-state index is 0.354. The molecule has 3 rings (SSSR count). The maximum atomic E-state index is 8.77. The van der Waals surface area contributed by atoms with Crippen LogP contribution in [0.15, 0.2) is 45.5 Å². The summed E-state index contributed by atoms with van der Waals surface area (Å²) in [5.41, 5.74) is 2.00. The van der Waals surface area contributed by atoms with E-state index in [-0.39, 0.29) is 0 Å². The second-order valence-electron chi connectivity index (χ2n) is 3.82. The lowest BCUT2D eigenvalue weighted by atomic mass is 10.2. The van der Waals surface area contributed by atoms with E-state index < -0.39 is 0 Å². The van der Waals surface area contributed by atoms with Crippen molar-refractivity contribution < 1.29 is 4.52 Å². The maximum Gasteiger partial charge on any atom is 0.274 e. The van der Waals surface area contributed by atoms with Crippen molar-refractivity contribution in [3.8, 4) is 29.0 Å². The number of nitrogens with one attached hydrogen (secondary N) is 1. The summed E-state index contributed by atoms with van der Waals surface area (Å²) >= 11 is 3.44. The molecule has 6 heteroatoms. The molecule has 1 aromatic carbocycles. The van der Waals surface area contributed by atoms with Crippen molar-refractivity contribution in [1.82, 2.24) is 15.1 Å². The summed E-state index contributed by atoms with van der Waals surface area (Å²) in [7, 11) is 0. The van der Waals surface area contributed by atoms with Crippen LogP contribution >= 0.6 is 15.9 Å². The molecule has 0 radical (unpaired) electrons. The van der Waals surface area contributed by atoms with Gasteiger partial charge in [0.15, 0.2) is 0 Å². The van der Waals surface area contributed by atoms with Gasteiger partial charge in [-0.3, -0.25) is 0 Å². The number of hydrogen-bond acceptors (Lipinski definition) is 4. The molecule has 0 amide bonds. The van der Waals surface area contributed by atoms with E-state index in [1.807, 2.05) is 30.3 Å². The largest absolute Gasteiger partial charge is 0.356 e. The highest BCUT2D eigenvalue weighted by molar-refractivity contribution is 9.10. The van der Waals surface area contributed by atoms with Gasteiger partial charge in [-0.15, -0.1) is 0 Å². The fourth-order valence-electron chi connectivity index (χ4n) is 1.67. The molecule has 2 heterocycles. The molecule has 19 heavy (non-hydrogen) atoms. The van der Waals surface area contributed by atoms with Gasteiger partial charge in [0.25, 0.3) is 5.89 Å². The SMILES string of the molecule is N#Cc1c[nH]c(-c2nc(-c3ccccc3Br)no2)c1. The third kappa shape index (κ3) is 2.16. The summed E-state index contributed by atoms with van der Waals surface area (Å²) in [6.45, 7) is 0. The number of nitriles is 1. The second kappa shape index (κ2) is 4.71. The molecule has 92 valence electrons. The number of hydrogen-bond donors (Lipinski definition) is 1. The first kappa shape index (κ1) is 11.7. The number of nitrogens with zero attached hydrogens (tertiary/aromatic N) is 3. The van der Waals surface area contributed by atoms with Crippen molar-refractivity contribution in [3.05, 3.63) is 46.6 Å². The molecule has 0 unspecified atom stereocenters. The fourth-order valence-corrected chi connectivity index (χ4v) is 2.13. The Labute approximate surface area is 117 Å². The van der Waals surface area contributed by atoms with Crippen LogP contribution < -0.4 is 0 Å². The summed E-state index contributed by atoms with van der Waals surface area (Å²) in [6.07, 6.45) is 1.59. The third-order valence-electron chi connectivity index (χ3n) is 2.58. The Morgan fingerprint density at radius 3 is 2.89 bits per heavy atom. The van der Waals surface area contributed by atoms with E-state index in [9.17, 15) is 0 Å². The lowest BCUT2D eigenvalue weighted by Crippen LogP contribution is -1.82. The van der Waals surface area contributed by atoms with Crippen LogP contribution in [0, 0.1) is 11.3 Å². The van der Waals surface area contributed by atoms with E-state index in [2.05, 4.69) is 31.1 Å². The molecule has 0 bridgehead atoms. The summed E-state index contributed by atoms with van der Waals surface area (Å²) in [5.74, 6) is 0.850. The Balaban J connectivity index is 2.00. The summed E-state index contributed by atoms with van der Waals surface area (Å²) in [6, 6.07) is 11.3. The van der Waals surface area contributed by atoms with Crippen LogP contribution in [0.4, 0.5) is 0 Å². The van der Waals surface area contributed by atoms with E-state index in [0.717, 1.165) is 10.0 Å². The van der Waals surface area contributed by atoms with Crippen molar-refractivity contribution in [1.29, 1.82) is 5.26 Å². The van der Waals surface area contributed by atoms with Crippen LogP contribution in [-0.4, -0.2) is 15.1 Å². The molecule has 3 aromatic rings. The number of aromatic amines is 1. The van der Waals surface area contributed by atoms with Gasteiger partial charge in [-0.2, -0.15) is 10.2 Å². The van der Waals surface area contributed by atoms with Gasteiger partial charge in [-0.1, -0.05) is 33.2 Å². The van der Waals surface area contributed by atoms with E-state index >= 15 is 0 Å². The molecule has 5 nitrogen and oxygen atoms in total. The smallest absolute Gasteiger partial charge is 0.274 e. The zero-order valence-corrected chi connectivity index (χ0v) is 11.2. The van der Waals surface area contributed by atoms with Crippen LogP contribution in [0.3, 0.4) is 0 Å². The third-order valence-corrected chi connectivity index (χ3v) is 3.27. The number of H-pyrrole nitrogens is 1. The van der Waals surface area contributed by atoms with E-state index in [0.29, 0.717) is 23.0 Å². The molecular formula is C13H7BrN4O. The van der Waals surface area contributed by atoms with Crippen LogP contribution in [0.5, 0.6) is 0 Å². The Kier molecular flexibility index (Phi) is 2.89. The van der Waals surface area contributed by atoms with Crippen LogP contribution in [0.1, 0.15) is 5.56 Å². The summed E-state index contributed by atoms with van der Waals surface area (Å²) < 4.78 is 6.09. The van der Waals surface area contributed by atoms with Crippen molar-refractivity contribution in [3.63, 3.8) is 0 Å². The zero-order chi connectivity index (χ0) is 13.2. The first-order valence-corrected chi connectivity index (χ1v) is 6.25. The summed E-state index contributed by atoms with van der Waals surface area (Å²) in [5, 5.41) is 12.7. The monoisotopic (exact) mass is 314 g/mol. The fraction of sp³-hybridized carbons (Fsp3) is 0. The van der Waals surface area contributed by atoms with E-state index in [4.69, 9.17) is 9.78 Å². The Hall–Kier alpha value is -2.39. The predicted octanol–water partition coefficient (Wildman–Crippen LogP) is 3.37. The first-order chi connectivity index (χ1) is 9.28. The van der Waals surface area contributed by atoms with Gasteiger partial charge in [0, 0.05) is 16.2 Å². The molecule has 0 fully saturated rings. The predicted molar refractivity (Wildman–Crippen MR) is 71.9 cm³/mol. The Morgan fingerprint density at radius 2 is 2.16 bits per heavy atom. The standard InChI is InChI=1S/C13H7BrN4O/c14-10-4-2-1-3-9(10)12-17-13(19-18-12)11-5-8(6-15)7-16-11/h1-5,7,16H. The molecule has 0 atom stereocenters. The van der Waals surface area contributed by atoms with E-state index in [1.54, 1.807) is 12.3 Å². The molecule has 0 aliphatic rings. The highest BCUT2D eigenvalue weighted by Gasteiger charge is 2.13. The van der Waals surface area contributed by atoms with Gasteiger partial charge in [0.05, 0.1) is 5.56 Å². The Bertz CT molecular complexity index is 769. The van der Waals surface area contributed by atoms with Crippen molar-refractivity contribution in [2.75, 3.05) is 0 Å². The van der Waals surface area contributed by atoms with Crippen LogP contribution in [-0.2, 0) is 0 Å². The molecule has 0 saturated heterocycles. The van der Waals surface area contributed by atoms with Gasteiger partial charge in [-0.05, 0) is 18.2 Å². The lowest BCUT2D eigenvalue weighted by Gasteiger charge is -1.96. The highest BCUT2D eigenvalue weighted by atomic mass is 79.9. The van der Waals surface area contributed by atoms with Gasteiger partial charge >= 0.3 is 0 Å². The minimum absolute atomic E-state index is 0.354. The molecule has 2 aromatic heterocycles. The maximum absolute atomic E-state index is 8.77. The first-order valence-electron chi connectivity index (χ1n) is 5.45. The number of rotatable bonds is 2. The van der Waals surface area contributed by atoms with Crippen molar-refractivity contribution >= 4 is 15.9 Å². The van der Waals surface area contributed by atoms with Crippen LogP contribution in [0.2, 0.25) is 0 Å². The Morgan fingerprint density at radius 1 is 1.32 bits per heavy atom. The summed E-state index contributed by atoms with van der Waals surface area (Å²) in [4.78, 5) is 7.23. The van der Waals surface area contributed by atoms with Gasteiger partial charge in [0.1, 0.15) is 11.8 Å². The topological polar surface area (TPSA) is 78.5 Å². The van der Waals surface area contributed by atoms with Gasteiger partial charge in [0.2, 0.25) is 5.82 Å². The zero-order valence-electron chi connectivity index (χ0n) is 9.59. The quantitative estimate of drug-likeness (QED) is 0.786. The molecule has 0 aliphatic carbocycles. The molecular weight excluding hydrogens is 308 g/mol. The van der Waals surface area contributed by atoms with Gasteiger partial charge < -0.3 is 9.51 Å². The average Bonchev–Trinajstić information content (AvgIpc) is 3.08. The van der Waals surface area contributed by atoms with Crippen LogP contribution in [0.25, 0.3) is 23.0 Å². The van der Waals surface area contributed by atoms with Crippen molar-refractivity contribution in [2.45, 2.75) is 0 Å². The van der Waals surface area contributed by atoms with Crippen molar-refractivity contribution in [2.24, 2.45) is 0 Å². The van der Waals surface area contributed by atoms with Gasteiger partial charge in [-0.25, -0.2) is 0 Å². The highest BCUT2D eigenvalue weighted by Crippen LogP contribution is 2.27. The van der Waals surface area contributed by atoms with E-state index in [1.165, 1.54) is 0 Å². The minimum Gasteiger partial charge on any atom is -0.356 e. The average molecular weight is 315 g/mol. The lowest BCUT2D eigenvalue weighted by molar-refractivity contribution is 0.431. The normalized spacial score (nSPS) is 10.3. The second-order valence-corrected chi connectivity index (χ2v) is 4.67. The number of benzene rings is 1. The molecule has 0 saturated carbocycles. The molecule has 0 aliphatic heterocycles. The molecule has 0 spiro atoms. The number of halogens is 1. The molecule has 1 N–H and O–H groups in total. The number of aromatic nitrogens is 3.